The van der Waals surface area contributed by atoms with Crippen LogP contribution in [-0.2, 0) is 9.59 Å². The summed E-state index contributed by atoms with van der Waals surface area (Å²) >= 11 is 0. The molecule has 0 saturated carbocycles. The van der Waals surface area contributed by atoms with Gasteiger partial charge in [-0.15, -0.1) is 0 Å². The molecule has 4 nitrogen and oxygen atoms in total. The van der Waals surface area contributed by atoms with Gasteiger partial charge < -0.3 is 10.2 Å². The summed E-state index contributed by atoms with van der Waals surface area (Å²) in [6, 6.07) is 0. The lowest BCUT2D eigenvalue weighted by Gasteiger charge is -2.13. The quantitative estimate of drug-likeness (QED) is 0.592. The van der Waals surface area contributed by atoms with Crippen LogP contribution < -0.4 is 5.32 Å². The fourth-order valence-electron chi connectivity index (χ4n) is 0.660. The standard InChI is InChI=1S/C8H14N2O2/c1-4-8(12)10(3)6-5-7(11)9-2/h4H,1,5-6H2,2-3H3,(H,9,11). The Morgan fingerprint density at radius 2 is 2.17 bits per heavy atom. The van der Waals surface area contributed by atoms with Gasteiger partial charge in [-0.25, -0.2) is 0 Å². The molecule has 0 atom stereocenters. The van der Waals surface area contributed by atoms with Crippen molar-refractivity contribution in [1.29, 1.82) is 0 Å². The molecule has 0 radical (unpaired) electrons. The van der Waals surface area contributed by atoms with E-state index in [9.17, 15) is 9.59 Å². The first kappa shape index (κ1) is 10.7. The molecule has 68 valence electrons. The van der Waals surface area contributed by atoms with Crippen molar-refractivity contribution in [3.05, 3.63) is 12.7 Å². The lowest BCUT2D eigenvalue weighted by Crippen LogP contribution is -2.30. The lowest BCUT2D eigenvalue weighted by atomic mass is 10.3. The Hall–Kier alpha value is -1.32. The molecule has 0 bridgehead atoms. The van der Waals surface area contributed by atoms with Crippen LogP contribution in [0, 0.1) is 0 Å². The Morgan fingerprint density at radius 1 is 1.58 bits per heavy atom. The Balaban J connectivity index is 3.70. The average molecular weight is 170 g/mol. The molecule has 0 fully saturated rings. The predicted molar refractivity (Wildman–Crippen MR) is 46.5 cm³/mol. The minimum atomic E-state index is -0.168. The molecule has 4 heteroatoms. The zero-order valence-electron chi connectivity index (χ0n) is 7.46. The van der Waals surface area contributed by atoms with Gasteiger partial charge in [0.05, 0.1) is 0 Å². The van der Waals surface area contributed by atoms with Crippen molar-refractivity contribution < 1.29 is 9.59 Å². The SMILES string of the molecule is C=CC(=O)N(C)CCC(=O)NC. The highest BCUT2D eigenvalue weighted by Crippen LogP contribution is 1.88. The number of hydrogen-bond donors (Lipinski definition) is 1. The lowest BCUT2D eigenvalue weighted by molar-refractivity contribution is -0.126. The third kappa shape index (κ3) is 3.75. The van der Waals surface area contributed by atoms with Crippen LogP contribution in [0.4, 0.5) is 0 Å². The number of hydrogen-bond acceptors (Lipinski definition) is 2. The van der Waals surface area contributed by atoms with Crippen LogP contribution in [0.3, 0.4) is 0 Å². The zero-order chi connectivity index (χ0) is 9.56. The topological polar surface area (TPSA) is 49.4 Å². The van der Waals surface area contributed by atoms with E-state index in [0.29, 0.717) is 13.0 Å². The molecule has 0 aromatic heterocycles. The van der Waals surface area contributed by atoms with Crippen LogP contribution in [0.2, 0.25) is 0 Å². The molecule has 0 saturated heterocycles. The number of carbonyl (C=O) groups is 2. The van der Waals surface area contributed by atoms with E-state index in [1.165, 1.54) is 11.0 Å². The van der Waals surface area contributed by atoms with E-state index in [4.69, 9.17) is 0 Å². The second-order valence-electron chi connectivity index (χ2n) is 2.39. The van der Waals surface area contributed by atoms with E-state index < -0.39 is 0 Å². The summed E-state index contributed by atoms with van der Waals surface area (Å²) in [6.07, 6.45) is 1.55. The molecule has 0 heterocycles. The highest BCUT2D eigenvalue weighted by Gasteiger charge is 2.05. The zero-order valence-corrected chi connectivity index (χ0v) is 7.46. The van der Waals surface area contributed by atoms with Gasteiger partial charge in [0.15, 0.2) is 0 Å². The molecule has 0 unspecified atom stereocenters. The Kier molecular flexibility index (Phi) is 4.76. The van der Waals surface area contributed by atoms with E-state index in [1.54, 1.807) is 14.1 Å². The van der Waals surface area contributed by atoms with E-state index in [0.717, 1.165) is 0 Å². The van der Waals surface area contributed by atoms with Crippen LogP contribution in [0.25, 0.3) is 0 Å². The summed E-state index contributed by atoms with van der Waals surface area (Å²) in [6.45, 7) is 3.76. The fraction of sp³-hybridized carbons (Fsp3) is 0.500. The molecule has 0 aromatic rings. The third-order valence-electron chi connectivity index (χ3n) is 1.50. The van der Waals surface area contributed by atoms with E-state index in [2.05, 4.69) is 11.9 Å². The normalized spacial score (nSPS) is 8.83. The number of amides is 2. The molecule has 0 aromatic carbocycles. The van der Waals surface area contributed by atoms with Gasteiger partial charge in [0.2, 0.25) is 11.8 Å². The van der Waals surface area contributed by atoms with E-state index in [-0.39, 0.29) is 11.8 Å². The van der Waals surface area contributed by atoms with Gasteiger partial charge in [-0.1, -0.05) is 6.58 Å². The molecule has 0 aliphatic carbocycles. The Labute approximate surface area is 72.2 Å². The molecule has 12 heavy (non-hydrogen) atoms. The molecule has 2 amide bonds. The van der Waals surface area contributed by atoms with Crippen LogP contribution in [0.5, 0.6) is 0 Å². The summed E-state index contributed by atoms with van der Waals surface area (Å²) in [5.41, 5.74) is 0. The van der Waals surface area contributed by atoms with Gasteiger partial charge in [0, 0.05) is 27.1 Å². The maximum atomic E-state index is 10.9. The van der Waals surface area contributed by atoms with Crippen molar-refractivity contribution in [2.24, 2.45) is 0 Å². The highest BCUT2D eigenvalue weighted by atomic mass is 16.2. The second kappa shape index (κ2) is 5.35. The van der Waals surface area contributed by atoms with Crippen LogP contribution in [0.15, 0.2) is 12.7 Å². The first-order valence-corrected chi connectivity index (χ1v) is 3.70. The van der Waals surface area contributed by atoms with Gasteiger partial charge in [-0.3, -0.25) is 9.59 Å². The van der Waals surface area contributed by atoms with Crippen molar-refractivity contribution >= 4 is 11.8 Å². The van der Waals surface area contributed by atoms with Crippen molar-refractivity contribution in [1.82, 2.24) is 10.2 Å². The summed E-state index contributed by atoms with van der Waals surface area (Å²) in [7, 11) is 3.20. The van der Waals surface area contributed by atoms with Crippen LogP contribution in [-0.4, -0.2) is 37.4 Å². The molecule has 0 aliphatic heterocycles. The molecular weight excluding hydrogens is 156 g/mol. The fourth-order valence-corrected chi connectivity index (χ4v) is 0.660. The van der Waals surface area contributed by atoms with Gasteiger partial charge in [0.1, 0.15) is 0 Å². The number of carbonyl (C=O) groups excluding carboxylic acids is 2. The minimum absolute atomic E-state index is 0.0706. The number of rotatable bonds is 4. The second-order valence-corrected chi connectivity index (χ2v) is 2.39. The summed E-state index contributed by atoms with van der Waals surface area (Å²) < 4.78 is 0. The van der Waals surface area contributed by atoms with Gasteiger partial charge in [-0.05, 0) is 6.08 Å². The average Bonchev–Trinajstić information content (AvgIpc) is 2.11. The summed E-state index contributed by atoms with van der Waals surface area (Å²) in [5.74, 6) is -0.238. The first-order chi connectivity index (χ1) is 5.61. The van der Waals surface area contributed by atoms with Gasteiger partial charge in [-0.2, -0.15) is 0 Å². The first-order valence-electron chi connectivity index (χ1n) is 3.70. The Morgan fingerprint density at radius 3 is 2.58 bits per heavy atom. The highest BCUT2D eigenvalue weighted by molar-refractivity contribution is 5.87. The van der Waals surface area contributed by atoms with E-state index in [1.807, 2.05) is 0 Å². The van der Waals surface area contributed by atoms with Crippen molar-refractivity contribution in [2.45, 2.75) is 6.42 Å². The number of nitrogens with one attached hydrogen (secondary N) is 1. The molecule has 1 N–H and O–H groups in total. The molecule has 0 aliphatic rings. The molecule has 0 rings (SSSR count). The summed E-state index contributed by atoms with van der Waals surface area (Å²) in [5, 5.41) is 2.47. The van der Waals surface area contributed by atoms with Crippen LogP contribution >= 0.6 is 0 Å². The summed E-state index contributed by atoms with van der Waals surface area (Å²) in [4.78, 5) is 23.1. The van der Waals surface area contributed by atoms with Gasteiger partial charge in [0.25, 0.3) is 0 Å². The van der Waals surface area contributed by atoms with Crippen molar-refractivity contribution in [2.75, 3.05) is 20.6 Å². The number of likely N-dealkylation sites (N-methyl/N-ethyl adjacent to an activating group) is 1. The van der Waals surface area contributed by atoms with Crippen molar-refractivity contribution in [3.63, 3.8) is 0 Å². The maximum absolute atomic E-state index is 10.9. The largest absolute Gasteiger partial charge is 0.359 e. The Bertz CT molecular complexity index is 189. The van der Waals surface area contributed by atoms with Crippen LogP contribution in [0.1, 0.15) is 6.42 Å². The van der Waals surface area contributed by atoms with Gasteiger partial charge >= 0.3 is 0 Å². The number of nitrogens with zero attached hydrogens (tertiary/aromatic N) is 1. The molecule has 0 spiro atoms. The monoisotopic (exact) mass is 170 g/mol. The van der Waals surface area contributed by atoms with Crippen molar-refractivity contribution in [3.8, 4) is 0 Å². The van der Waals surface area contributed by atoms with E-state index >= 15 is 0 Å². The minimum Gasteiger partial charge on any atom is -0.359 e. The molecular formula is C8H14N2O2. The third-order valence-corrected chi connectivity index (χ3v) is 1.50. The smallest absolute Gasteiger partial charge is 0.245 e. The predicted octanol–water partition coefficient (Wildman–Crippen LogP) is -0.233. The maximum Gasteiger partial charge on any atom is 0.245 e.